The summed E-state index contributed by atoms with van der Waals surface area (Å²) in [4.78, 5) is 13.3. The van der Waals surface area contributed by atoms with Crippen LogP contribution in [0, 0.1) is 11.3 Å². The Morgan fingerprint density at radius 2 is 2.11 bits per heavy atom. The van der Waals surface area contributed by atoms with Crippen molar-refractivity contribution in [2.24, 2.45) is 0 Å². The number of hydrogen-bond donors (Lipinski definition) is 2. The van der Waals surface area contributed by atoms with Crippen LogP contribution in [0.15, 0.2) is 23.9 Å². The lowest BCUT2D eigenvalue weighted by atomic mass is 10.2. The Balaban J connectivity index is 4.28. The minimum absolute atomic E-state index is 0.0645. The maximum atomic E-state index is 11.5. The fourth-order valence-electron chi connectivity index (χ4n) is 1.03. The van der Waals surface area contributed by atoms with Gasteiger partial charge < -0.3 is 10.2 Å². The van der Waals surface area contributed by atoms with Crippen LogP contribution in [0.5, 0.6) is 0 Å². The minimum atomic E-state index is -4.02. The van der Waals surface area contributed by atoms with Crippen molar-refractivity contribution in [3.05, 3.63) is 23.9 Å². The molecule has 0 aliphatic rings. The molecule has 0 saturated heterocycles. The lowest BCUT2D eigenvalue weighted by Crippen LogP contribution is -2.26. The zero-order valence-corrected chi connectivity index (χ0v) is 11.6. The second kappa shape index (κ2) is 8.29. The van der Waals surface area contributed by atoms with E-state index in [2.05, 4.69) is 5.32 Å². The van der Waals surface area contributed by atoms with Crippen LogP contribution < -0.4 is 5.32 Å². The van der Waals surface area contributed by atoms with Crippen molar-refractivity contribution >= 4 is 16.0 Å². The summed E-state index contributed by atoms with van der Waals surface area (Å²) in [6.07, 6.45) is 4.66. The molecular formula is C11H17N3O4S. The molecule has 0 spiro atoms. The molecule has 19 heavy (non-hydrogen) atoms. The number of rotatable bonds is 7. The normalized spacial score (nSPS) is 12.2. The first-order valence-electron chi connectivity index (χ1n) is 5.44. The van der Waals surface area contributed by atoms with Gasteiger partial charge in [-0.25, -0.2) is 0 Å². The van der Waals surface area contributed by atoms with Gasteiger partial charge in [0.05, 0.1) is 5.75 Å². The first-order chi connectivity index (χ1) is 8.76. The van der Waals surface area contributed by atoms with Gasteiger partial charge in [0, 0.05) is 20.6 Å². The van der Waals surface area contributed by atoms with Gasteiger partial charge in [-0.3, -0.25) is 9.35 Å². The van der Waals surface area contributed by atoms with E-state index >= 15 is 0 Å². The summed E-state index contributed by atoms with van der Waals surface area (Å²) in [5.41, 5.74) is -0.0787. The predicted molar refractivity (Wildman–Crippen MR) is 70.6 cm³/mol. The smallest absolute Gasteiger partial charge is 0.264 e. The summed E-state index contributed by atoms with van der Waals surface area (Å²) in [6.45, 7) is 0.0645. The third kappa shape index (κ3) is 9.82. The lowest BCUT2D eigenvalue weighted by molar-refractivity contribution is -0.117. The largest absolute Gasteiger partial charge is 0.383 e. The number of amides is 1. The summed E-state index contributed by atoms with van der Waals surface area (Å²) >= 11 is 0. The van der Waals surface area contributed by atoms with E-state index in [0.29, 0.717) is 0 Å². The van der Waals surface area contributed by atoms with Crippen LogP contribution >= 0.6 is 0 Å². The van der Waals surface area contributed by atoms with E-state index < -0.39 is 21.8 Å². The van der Waals surface area contributed by atoms with Crippen molar-refractivity contribution in [2.75, 3.05) is 26.4 Å². The molecule has 0 heterocycles. The fraction of sp³-hybridized carbons (Fsp3) is 0.455. The van der Waals surface area contributed by atoms with Gasteiger partial charge >= 0.3 is 0 Å². The van der Waals surface area contributed by atoms with E-state index in [1.165, 1.54) is 6.08 Å². The highest BCUT2D eigenvalue weighted by Gasteiger charge is 2.08. The van der Waals surface area contributed by atoms with Crippen LogP contribution in [0.2, 0.25) is 0 Å². The number of allylic oxidation sites excluding steroid dienone is 2. The Bertz CT molecular complexity index is 501. The maximum Gasteiger partial charge on any atom is 0.264 e. The Hall–Kier alpha value is -1.85. The molecule has 1 amide bonds. The van der Waals surface area contributed by atoms with E-state index in [1.807, 2.05) is 0 Å². The number of nitrogens with zero attached hydrogens (tertiary/aromatic N) is 2. The van der Waals surface area contributed by atoms with Gasteiger partial charge in [0.2, 0.25) is 0 Å². The highest BCUT2D eigenvalue weighted by molar-refractivity contribution is 7.85. The molecular weight excluding hydrogens is 270 g/mol. The molecule has 0 bridgehead atoms. The standard InChI is InChI=1S/C11H17N3O4S/c1-14(2)7-3-5-10(9-12)11(15)13-6-4-8-19(16,17)18/h3,5,7H,4,6,8H2,1-2H3,(H,13,15)(H,16,17,18). The van der Waals surface area contributed by atoms with Crippen LogP contribution in [-0.4, -0.2) is 50.2 Å². The van der Waals surface area contributed by atoms with E-state index in [-0.39, 0.29) is 18.5 Å². The van der Waals surface area contributed by atoms with Crippen molar-refractivity contribution in [2.45, 2.75) is 6.42 Å². The molecule has 0 saturated carbocycles. The number of nitriles is 1. The van der Waals surface area contributed by atoms with Crippen LogP contribution in [0.4, 0.5) is 0 Å². The van der Waals surface area contributed by atoms with Crippen LogP contribution in [0.3, 0.4) is 0 Å². The zero-order chi connectivity index (χ0) is 14.9. The van der Waals surface area contributed by atoms with Crippen LogP contribution in [-0.2, 0) is 14.9 Å². The number of carbonyl (C=O) groups excluding carboxylic acids is 1. The molecule has 0 aliphatic carbocycles. The average molecular weight is 287 g/mol. The summed E-state index contributed by atoms with van der Waals surface area (Å²) in [7, 11) is -0.424. The second-order valence-corrected chi connectivity index (χ2v) is 5.46. The number of nitrogens with one attached hydrogen (secondary N) is 1. The van der Waals surface area contributed by atoms with Gasteiger partial charge in [-0.2, -0.15) is 13.7 Å². The summed E-state index contributed by atoms with van der Waals surface area (Å²) in [5, 5.41) is 11.2. The predicted octanol–water partition coefficient (Wildman–Crippen LogP) is -0.0942. The molecule has 0 aromatic rings. The van der Waals surface area contributed by atoms with Gasteiger partial charge in [-0.15, -0.1) is 0 Å². The minimum Gasteiger partial charge on any atom is -0.383 e. The lowest BCUT2D eigenvalue weighted by Gasteiger charge is -2.03. The molecule has 0 radical (unpaired) electrons. The quantitative estimate of drug-likeness (QED) is 0.222. The molecule has 0 fully saturated rings. The van der Waals surface area contributed by atoms with Gasteiger partial charge in [0.15, 0.2) is 0 Å². The van der Waals surface area contributed by atoms with E-state index in [4.69, 9.17) is 9.81 Å². The third-order valence-corrected chi connectivity index (χ3v) is 2.68. The fourth-order valence-corrected chi connectivity index (χ4v) is 1.54. The number of hydrogen-bond acceptors (Lipinski definition) is 5. The Labute approximate surface area is 113 Å². The molecule has 0 aliphatic heterocycles. The van der Waals surface area contributed by atoms with Crippen LogP contribution in [0.1, 0.15) is 6.42 Å². The monoisotopic (exact) mass is 287 g/mol. The first-order valence-corrected chi connectivity index (χ1v) is 7.05. The Morgan fingerprint density at radius 1 is 1.47 bits per heavy atom. The molecule has 0 unspecified atom stereocenters. The van der Waals surface area contributed by atoms with Gasteiger partial charge in [0.25, 0.3) is 16.0 Å². The maximum absolute atomic E-state index is 11.5. The van der Waals surface area contributed by atoms with Gasteiger partial charge in [0.1, 0.15) is 11.6 Å². The molecule has 0 atom stereocenters. The first kappa shape index (κ1) is 17.2. The molecule has 7 nitrogen and oxygen atoms in total. The molecule has 0 rings (SSSR count). The summed E-state index contributed by atoms with van der Waals surface area (Å²) in [6, 6.07) is 1.74. The molecule has 0 aromatic heterocycles. The molecule has 0 aromatic carbocycles. The van der Waals surface area contributed by atoms with E-state index in [9.17, 15) is 13.2 Å². The van der Waals surface area contributed by atoms with E-state index in [0.717, 1.165) is 0 Å². The van der Waals surface area contributed by atoms with Crippen molar-refractivity contribution in [1.82, 2.24) is 10.2 Å². The highest BCUT2D eigenvalue weighted by atomic mass is 32.2. The third-order valence-electron chi connectivity index (χ3n) is 1.88. The summed E-state index contributed by atoms with van der Waals surface area (Å²) < 4.78 is 29.4. The molecule has 8 heteroatoms. The van der Waals surface area contributed by atoms with Gasteiger partial charge in [-0.05, 0) is 24.8 Å². The Kier molecular flexibility index (Phi) is 7.48. The molecule has 2 N–H and O–H groups in total. The molecule has 106 valence electrons. The second-order valence-electron chi connectivity index (χ2n) is 3.89. The van der Waals surface area contributed by atoms with Crippen molar-refractivity contribution in [1.29, 1.82) is 5.26 Å². The Morgan fingerprint density at radius 3 is 2.58 bits per heavy atom. The average Bonchev–Trinajstić information content (AvgIpc) is 2.28. The highest BCUT2D eigenvalue weighted by Crippen LogP contribution is 1.95. The zero-order valence-electron chi connectivity index (χ0n) is 10.8. The number of carbonyl (C=O) groups is 1. The van der Waals surface area contributed by atoms with Crippen molar-refractivity contribution < 1.29 is 17.8 Å². The SMILES string of the molecule is CN(C)C=CC=C(C#N)C(=O)NCCCS(=O)(=O)O. The van der Waals surface area contributed by atoms with Crippen LogP contribution in [0.25, 0.3) is 0 Å². The summed E-state index contributed by atoms with van der Waals surface area (Å²) in [5.74, 6) is -1.01. The topological polar surface area (TPSA) is 111 Å². The van der Waals surface area contributed by atoms with Gasteiger partial charge in [-0.1, -0.05) is 0 Å². The van der Waals surface area contributed by atoms with Crippen molar-refractivity contribution in [3.63, 3.8) is 0 Å². The van der Waals surface area contributed by atoms with E-state index in [1.54, 1.807) is 37.3 Å². The van der Waals surface area contributed by atoms with Crippen molar-refractivity contribution in [3.8, 4) is 6.07 Å².